The molecule has 0 saturated carbocycles. The zero-order valence-electron chi connectivity index (χ0n) is 5.64. The summed E-state index contributed by atoms with van der Waals surface area (Å²) in [6, 6.07) is 3.33. The van der Waals surface area contributed by atoms with E-state index < -0.39 is 5.82 Å². The summed E-state index contributed by atoms with van der Waals surface area (Å²) in [6.45, 7) is 0. The van der Waals surface area contributed by atoms with Gasteiger partial charge in [-0.2, -0.15) is 0 Å². The lowest BCUT2D eigenvalue weighted by atomic mass is 10.3. The highest BCUT2D eigenvalue weighted by atomic mass is 127. The van der Waals surface area contributed by atoms with E-state index in [4.69, 9.17) is 11.6 Å². The molecule has 0 atom stereocenters. The number of hydrogen-bond acceptors (Lipinski definition) is 2. The summed E-state index contributed by atoms with van der Waals surface area (Å²) in [5.74, 6) is -0.423. The number of thiazole rings is 1. The quantitative estimate of drug-likeness (QED) is 0.676. The van der Waals surface area contributed by atoms with Gasteiger partial charge in [0.2, 0.25) is 0 Å². The van der Waals surface area contributed by atoms with Crippen molar-refractivity contribution in [3.05, 3.63) is 26.0 Å². The van der Waals surface area contributed by atoms with Crippen LogP contribution in [0.4, 0.5) is 4.39 Å². The minimum atomic E-state index is -0.423. The average molecular weight is 314 g/mol. The monoisotopic (exact) mass is 313 g/mol. The number of benzene rings is 1. The van der Waals surface area contributed by atoms with Crippen LogP contribution in [0.15, 0.2) is 12.1 Å². The van der Waals surface area contributed by atoms with Crippen molar-refractivity contribution in [1.82, 2.24) is 4.98 Å². The van der Waals surface area contributed by atoms with Crippen LogP contribution in [0.1, 0.15) is 0 Å². The molecule has 12 heavy (non-hydrogen) atoms. The molecule has 5 heteroatoms. The van der Waals surface area contributed by atoms with Gasteiger partial charge in [0.1, 0.15) is 5.52 Å². The van der Waals surface area contributed by atoms with Crippen molar-refractivity contribution in [2.75, 3.05) is 0 Å². The Hall–Kier alpha value is 0.0600. The van der Waals surface area contributed by atoms with Gasteiger partial charge < -0.3 is 0 Å². The van der Waals surface area contributed by atoms with Crippen LogP contribution in [0.3, 0.4) is 0 Å². The van der Waals surface area contributed by atoms with Crippen LogP contribution in [-0.2, 0) is 0 Å². The van der Waals surface area contributed by atoms with Crippen LogP contribution in [0.2, 0.25) is 5.02 Å². The Morgan fingerprint density at radius 2 is 2.25 bits per heavy atom. The summed E-state index contributed by atoms with van der Waals surface area (Å²) in [7, 11) is 0. The zero-order valence-corrected chi connectivity index (χ0v) is 9.37. The van der Waals surface area contributed by atoms with Crippen molar-refractivity contribution in [3.63, 3.8) is 0 Å². The maximum absolute atomic E-state index is 13.2. The smallest absolute Gasteiger partial charge is 0.168 e. The van der Waals surface area contributed by atoms with E-state index in [0.717, 1.165) is 7.71 Å². The molecule has 2 rings (SSSR count). The van der Waals surface area contributed by atoms with Gasteiger partial charge in [-0.1, -0.05) is 11.6 Å². The Kier molecular flexibility index (Phi) is 2.22. The first-order valence-corrected chi connectivity index (χ1v) is 5.36. The zero-order chi connectivity index (χ0) is 8.72. The van der Waals surface area contributed by atoms with E-state index in [2.05, 4.69) is 27.6 Å². The minimum Gasteiger partial charge on any atom is -0.227 e. The van der Waals surface area contributed by atoms with Crippen molar-refractivity contribution < 1.29 is 4.39 Å². The third kappa shape index (κ3) is 1.31. The molecular formula is C7H2ClFINS. The van der Waals surface area contributed by atoms with E-state index in [0.29, 0.717) is 5.52 Å². The van der Waals surface area contributed by atoms with E-state index in [-0.39, 0.29) is 5.02 Å². The molecule has 0 saturated heterocycles. The molecule has 0 amide bonds. The first-order valence-electron chi connectivity index (χ1n) is 3.08. The van der Waals surface area contributed by atoms with Crippen molar-refractivity contribution in [2.24, 2.45) is 0 Å². The summed E-state index contributed by atoms with van der Waals surface area (Å²) >= 11 is 9.09. The number of rotatable bonds is 0. The average Bonchev–Trinajstić information content (AvgIpc) is 2.39. The highest BCUT2D eigenvalue weighted by Gasteiger charge is 2.09. The number of fused-ring (bicyclic) bond motifs is 1. The summed E-state index contributed by atoms with van der Waals surface area (Å²) < 4.78 is 14.9. The van der Waals surface area contributed by atoms with E-state index in [1.54, 1.807) is 12.1 Å². The van der Waals surface area contributed by atoms with Gasteiger partial charge in [0.05, 0.1) is 9.72 Å². The van der Waals surface area contributed by atoms with Crippen LogP contribution in [-0.4, -0.2) is 4.98 Å². The second-order valence-electron chi connectivity index (χ2n) is 2.17. The number of nitrogens with zero attached hydrogens (tertiary/aromatic N) is 1. The van der Waals surface area contributed by atoms with Gasteiger partial charge in [0.25, 0.3) is 0 Å². The van der Waals surface area contributed by atoms with Crippen molar-refractivity contribution >= 4 is 55.7 Å². The molecule has 2 aromatic rings. The topological polar surface area (TPSA) is 12.9 Å². The molecule has 1 aromatic heterocycles. The van der Waals surface area contributed by atoms with Crippen molar-refractivity contribution in [1.29, 1.82) is 0 Å². The highest BCUT2D eigenvalue weighted by molar-refractivity contribution is 14.1. The van der Waals surface area contributed by atoms with Gasteiger partial charge in [-0.3, -0.25) is 0 Å². The molecule has 0 aliphatic heterocycles. The molecule has 0 fully saturated rings. The van der Waals surface area contributed by atoms with Crippen molar-refractivity contribution in [2.45, 2.75) is 0 Å². The minimum absolute atomic E-state index is 0.129. The molecule has 0 bridgehead atoms. The van der Waals surface area contributed by atoms with E-state index in [1.807, 2.05) is 0 Å². The SMILES string of the molecule is Fc1c(Cl)ccc2sc(I)nc12. The molecule has 0 N–H and O–H groups in total. The lowest BCUT2D eigenvalue weighted by Gasteiger charge is -1.92. The summed E-state index contributed by atoms with van der Waals surface area (Å²) in [4.78, 5) is 4.02. The van der Waals surface area contributed by atoms with Crippen LogP contribution in [0, 0.1) is 8.83 Å². The Morgan fingerprint density at radius 3 is 3.00 bits per heavy atom. The van der Waals surface area contributed by atoms with E-state index in [1.165, 1.54) is 11.3 Å². The lowest BCUT2D eigenvalue weighted by molar-refractivity contribution is 0.637. The van der Waals surface area contributed by atoms with Crippen LogP contribution in [0.5, 0.6) is 0 Å². The van der Waals surface area contributed by atoms with E-state index >= 15 is 0 Å². The molecule has 0 radical (unpaired) electrons. The number of halogens is 3. The largest absolute Gasteiger partial charge is 0.227 e. The fourth-order valence-electron chi connectivity index (χ4n) is 0.910. The first-order chi connectivity index (χ1) is 5.68. The molecule has 0 aliphatic carbocycles. The van der Waals surface area contributed by atoms with Crippen LogP contribution >= 0.6 is 45.5 Å². The Balaban J connectivity index is 2.89. The molecule has 0 spiro atoms. The summed E-state index contributed by atoms with van der Waals surface area (Å²) in [6.07, 6.45) is 0. The summed E-state index contributed by atoms with van der Waals surface area (Å²) in [5, 5.41) is 0.129. The van der Waals surface area contributed by atoms with Crippen LogP contribution < -0.4 is 0 Å². The second-order valence-corrected chi connectivity index (χ2v) is 5.37. The maximum Gasteiger partial charge on any atom is 0.168 e. The Morgan fingerprint density at radius 1 is 1.50 bits per heavy atom. The van der Waals surface area contributed by atoms with Gasteiger partial charge in [-0.25, -0.2) is 9.37 Å². The predicted molar refractivity (Wildman–Crippen MR) is 57.3 cm³/mol. The molecule has 62 valence electrons. The number of aromatic nitrogens is 1. The second kappa shape index (κ2) is 3.08. The van der Waals surface area contributed by atoms with Gasteiger partial charge in [-0.05, 0) is 34.7 Å². The standard InChI is InChI=1S/C7H2ClFINS/c8-3-1-2-4-6(5(3)9)11-7(10)12-4/h1-2H. The molecular weight excluding hydrogens is 312 g/mol. The molecule has 1 aromatic carbocycles. The van der Waals surface area contributed by atoms with Crippen LogP contribution in [0.25, 0.3) is 10.2 Å². The van der Waals surface area contributed by atoms with Gasteiger partial charge in [-0.15, -0.1) is 11.3 Å². The summed E-state index contributed by atoms with van der Waals surface area (Å²) in [5.41, 5.74) is 0.372. The molecule has 0 unspecified atom stereocenters. The fourth-order valence-corrected chi connectivity index (χ4v) is 2.70. The normalized spacial score (nSPS) is 10.9. The van der Waals surface area contributed by atoms with Gasteiger partial charge >= 0.3 is 0 Å². The molecule has 1 nitrogen and oxygen atoms in total. The number of hydrogen-bond donors (Lipinski definition) is 0. The fraction of sp³-hybridized carbons (Fsp3) is 0. The van der Waals surface area contributed by atoms with E-state index in [9.17, 15) is 4.39 Å². The first kappa shape index (κ1) is 8.65. The predicted octanol–water partition coefficient (Wildman–Crippen LogP) is 3.69. The van der Waals surface area contributed by atoms with Gasteiger partial charge in [0.15, 0.2) is 8.83 Å². The lowest BCUT2D eigenvalue weighted by Crippen LogP contribution is -1.78. The molecule has 0 aliphatic rings. The maximum atomic E-state index is 13.2. The Labute approximate surface area is 90.7 Å². The van der Waals surface area contributed by atoms with Gasteiger partial charge in [0, 0.05) is 0 Å². The Bertz CT molecular complexity index is 442. The third-order valence-corrected chi connectivity index (χ3v) is 3.43. The van der Waals surface area contributed by atoms with Crippen molar-refractivity contribution in [3.8, 4) is 0 Å². The molecule has 1 heterocycles. The highest BCUT2D eigenvalue weighted by Crippen LogP contribution is 2.28. The third-order valence-electron chi connectivity index (χ3n) is 1.43.